The highest BCUT2D eigenvalue weighted by molar-refractivity contribution is 7.09. The third-order valence-corrected chi connectivity index (χ3v) is 3.03. The fourth-order valence-corrected chi connectivity index (χ4v) is 1.93. The number of thiazole rings is 1. The van der Waals surface area contributed by atoms with Crippen molar-refractivity contribution in [1.82, 2.24) is 4.98 Å². The molecule has 3 N–H and O–H groups in total. The van der Waals surface area contributed by atoms with Crippen molar-refractivity contribution in [2.45, 2.75) is 26.2 Å². The minimum Gasteiger partial charge on any atom is -0.481 e. The number of nitrogens with zero attached hydrogens (tertiary/aromatic N) is 1. The summed E-state index contributed by atoms with van der Waals surface area (Å²) in [5.74, 6) is -1.33. The smallest absolute Gasteiger partial charge is 0.303 e. The number of rotatable bonds is 6. The van der Waals surface area contributed by atoms with E-state index in [0.29, 0.717) is 12.8 Å². The Morgan fingerprint density at radius 2 is 2.24 bits per heavy atom. The van der Waals surface area contributed by atoms with Gasteiger partial charge in [-0.15, -0.1) is 11.3 Å². The van der Waals surface area contributed by atoms with Crippen LogP contribution in [0.4, 0.5) is 0 Å². The van der Waals surface area contributed by atoms with Gasteiger partial charge in [0.2, 0.25) is 0 Å². The maximum absolute atomic E-state index is 10.8. The van der Waals surface area contributed by atoms with Crippen LogP contribution < -0.4 is 5.73 Å². The van der Waals surface area contributed by atoms with Gasteiger partial charge in [-0.2, -0.15) is 0 Å². The maximum atomic E-state index is 10.8. The van der Waals surface area contributed by atoms with E-state index in [9.17, 15) is 9.59 Å². The predicted molar refractivity (Wildman–Crippen MR) is 65.0 cm³/mol. The Bertz CT molecular complexity index is 451. The molecular formula is C11H14N2O3S. The number of aromatic nitrogens is 1. The summed E-state index contributed by atoms with van der Waals surface area (Å²) < 4.78 is 0. The van der Waals surface area contributed by atoms with Crippen molar-refractivity contribution in [2.24, 2.45) is 5.73 Å². The molecular weight excluding hydrogens is 240 g/mol. The molecule has 0 aliphatic rings. The number of aliphatic carboxylic acids is 1. The van der Waals surface area contributed by atoms with Crippen LogP contribution in [0.25, 0.3) is 0 Å². The van der Waals surface area contributed by atoms with Gasteiger partial charge in [-0.05, 0) is 13.3 Å². The number of carbonyl (C=O) groups excluding carboxylic acids is 1. The molecule has 0 aromatic carbocycles. The molecule has 0 saturated heterocycles. The van der Waals surface area contributed by atoms with Gasteiger partial charge >= 0.3 is 5.97 Å². The van der Waals surface area contributed by atoms with Crippen LogP contribution in [0.3, 0.4) is 0 Å². The summed E-state index contributed by atoms with van der Waals surface area (Å²) in [7, 11) is 0. The van der Waals surface area contributed by atoms with Gasteiger partial charge < -0.3 is 10.8 Å². The van der Waals surface area contributed by atoms with Crippen molar-refractivity contribution in [3.63, 3.8) is 0 Å². The van der Waals surface area contributed by atoms with E-state index in [1.54, 1.807) is 5.38 Å². The number of carbonyl (C=O) groups is 2. The number of amides is 1. The molecule has 0 bridgehead atoms. The molecule has 17 heavy (non-hydrogen) atoms. The SMILES string of the molecule is C/C(=C\Cc1nc(C(N)=O)cs1)CCC(=O)O. The number of hydrogen-bond donors (Lipinski definition) is 2. The number of nitrogens with two attached hydrogens (primary N) is 1. The molecule has 6 heteroatoms. The molecule has 0 aliphatic heterocycles. The Labute approximate surface area is 103 Å². The van der Waals surface area contributed by atoms with Gasteiger partial charge in [0.25, 0.3) is 5.91 Å². The van der Waals surface area contributed by atoms with Crippen LogP contribution in [0.15, 0.2) is 17.0 Å². The summed E-state index contributed by atoms with van der Waals surface area (Å²) in [6.45, 7) is 1.88. The zero-order chi connectivity index (χ0) is 12.8. The third-order valence-electron chi connectivity index (χ3n) is 2.16. The van der Waals surface area contributed by atoms with E-state index >= 15 is 0 Å². The molecule has 1 aromatic heterocycles. The maximum Gasteiger partial charge on any atom is 0.303 e. The molecule has 0 spiro atoms. The molecule has 1 heterocycles. The first-order valence-corrected chi connectivity index (χ1v) is 5.98. The summed E-state index contributed by atoms with van der Waals surface area (Å²) in [5, 5.41) is 10.9. The lowest BCUT2D eigenvalue weighted by Crippen LogP contribution is -2.11. The fourth-order valence-electron chi connectivity index (χ4n) is 1.19. The zero-order valence-electron chi connectivity index (χ0n) is 9.47. The van der Waals surface area contributed by atoms with Crippen LogP contribution in [-0.2, 0) is 11.2 Å². The molecule has 0 unspecified atom stereocenters. The second kappa shape index (κ2) is 6.15. The summed E-state index contributed by atoms with van der Waals surface area (Å²) in [6, 6.07) is 0. The average molecular weight is 254 g/mol. The largest absolute Gasteiger partial charge is 0.481 e. The Hall–Kier alpha value is -1.69. The van der Waals surface area contributed by atoms with E-state index < -0.39 is 11.9 Å². The van der Waals surface area contributed by atoms with Gasteiger partial charge in [0.1, 0.15) is 5.69 Å². The topological polar surface area (TPSA) is 93.3 Å². The second-order valence-corrected chi connectivity index (χ2v) is 4.58. The lowest BCUT2D eigenvalue weighted by Gasteiger charge is -1.97. The van der Waals surface area contributed by atoms with E-state index in [1.807, 2.05) is 13.0 Å². The minimum atomic E-state index is -0.803. The molecule has 0 radical (unpaired) electrons. The van der Waals surface area contributed by atoms with Crippen LogP contribution in [0.5, 0.6) is 0 Å². The zero-order valence-corrected chi connectivity index (χ0v) is 10.3. The molecule has 5 nitrogen and oxygen atoms in total. The van der Waals surface area contributed by atoms with Gasteiger partial charge in [-0.1, -0.05) is 11.6 Å². The van der Waals surface area contributed by atoms with Crippen LogP contribution in [0, 0.1) is 0 Å². The molecule has 0 saturated carbocycles. The normalized spacial score (nSPS) is 11.5. The summed E-state index contributed by atoms with van der Waals surface area (Å²) in [4.78, 5) is 25.2. The standard InChI is InChI=1S/C11H14N2O3S/c1-7(3-5-10(14)15)2-4-9-13-8(6-17-9)11(12)16/h2,6H,3-5H2,1H3,(H2,12,16)(H,14,15)/b7-2+. The number of primary amides is 1. The monoisotopic (exact) mass is 254 g/mol. The summed E-state index contributed by atoms with van der Waals surface area (Å²) in [6.07, 6.45) is 3.19. The van der Waals surface area contributed by atoms with Crippen molar-refractivity contribution in [3.05, 3.63) is 27.7 Å². The Morgan fingerprint density at radius 1 is 1.53 bits per heavy atom. The average Bonchev–Trinajstić information content (AvgIpc) is 2.72. The fraction of sp³-hybridized carbons (Fsp3) is 0.364. The number of hydrogen-bond acceptors (Lipinski definition) is 4. The Morgan fingerprint density at radius 3 is 2.76 bits per heavy atom. The highest BCUT2D eigenvalue weighted by Gasteiger charge is 2.05. The first-order chi connectivity index (χ1) is 7.99. The van der Waals surface area contributed by atoms with E-state index in [2.05, 4.69) is 4.98 Å². The van der Waals surface area contributed by atoms with Crippen LogP contribution in [0.2, 0.25) is 0 Å². The summed E-state index contributed by atoms with van der Waals surface area (Å²) in [5.41, 5.74) is 6.37. The molecule has 1 amide bonds. The molecule has 0 fully saturated rings. The summed E-state index contributed by atoms with van der Waals surface area (Å²) >= 11 is 1.37. The molecule has 0 atom stereocenters. The van der Waals surface area contributed by atoms with E-state index in [0.717, 1.165) is 10.6 Å². The molecule has 1 rings (SSSR count). The van der Waals surface area contributed by atoms with Crippen LogP contribution >= 0.6 is 11.3 Å². The van der Waals surface area contributed by atoms with Crippen molar-refractivity contribution >= 4 is 23.2 Å². The Balaban J connectivity index is 2.50. The van der Waals surface area contributed by atoms with Crippen molar-refractivity contribution in [2.75, 3.05) is 0 Å². The first kappa shape index (κ1) is 13.4. The highest BCUT2D eigenvalue weighted by Crippen LogP contribution is 2.12. The predicted octanol–water partition coefficient (Wildman–Crippen LogP) is 1.60. The van der Waals surface area contributed by atoms with Crippen molar-refractivity contribution in [3.8, 4) is 0 Å². The number of carboxylic acids is 1. The van der Waals surface area contributed by atoms with Gasteiger partial charge in [0.05, 0.1) is 5.01 Å². The number of carboxylic acid groups (broad SMARTS) is 1. The van der Waals surface area contributed by atoms with Gasteiger partial charge in [-0.3, -0.25) is 9.59 Å². The van der Waals surface area contributed by atoms with Crippen LogP contribution in [0.1, 0.15) is 35.3 Å². The first-order valence-electron chi connectivity index (χ1n) is 5.10. The van der Waals surface area contributed by atoms with Gasteiger partial charge in [0, 0.05) is 18.2 Å². The second-order valence-electron chi connectivity index (χ2n) is 3.64. The molecule has 92 valence electrons. The third kappa shape index (κ3) is 4.78. The number of allylic oxidation sites excluding steroid dienone is 2. The lowest BCUT2D eigenvalue weighted by molar-refractivity contribution is -0.136. The van der Waals surface area contributed by atoms with Gasteiger partial charge in [-0.25, -0.2) is 4.98 Å². The quantitative estimate of drug-likeness (QED) is 0.754. The van der Waals surface area contributed by atoms with E-state index in [-0.39, 0.29) is 12.1 Å². The van der Waals surface area contributed by atoms with E-state index in [4.69, 9.17) is 10.8 Å². The molecule has 1 aromatic rings. The van der Waals surface area contributed by atoms with Gasteiger partial charge in [0.15, 0.2) is 0 Å². The molecule has 0 aliphatic carbocycles. The minimum absolute atomic E-state index is 0.132. The lowest BCUT2D eigenvalue weighted by atomic mass is 10.1. The van der Waals surface area contributed by atoms with E-state index in [1.165, 1.54) is 11.3 Å². The van der Waals surface area contributed by atoms with Crippen LogP contribution in [-0.4, -0.2) is 22.0 Å². The van der Waals surface area contributed by atoms with Crippen molar-refractivity contribution < 1.29 is 14.7 Å². The Kier molecular flexibility index (Phi) is 4.84. The van der Waals surface area contributed by atoms with Crippen molar-refractivity contribution in [1.29, 1.82) is 0 Å². The highest BCUT2D eigenvalue weighted by atomic mass is 32.1.